The normalized spacial score (nSPS) is 10.0. The first kappa shape index (κ1) is 11.2. The van der Waals surface area contributed by atoms with E-state index in [-0.39, 0.29) is 5.56 Å². The minimum Gasteiger partial charge on any atom is -0.319 e. The van der Waals surface area contributed by atoms with Crippen molar-refractivity contribution in [2.24, 2.45) is 0 Å². The van der Waals surface area contributed by atoms with E-state index in [2.05, 4.69) is 15.3 Å². The van der Waals surface area contributed by atoms with Crippen LogP contribution in [0.15, 0.2) is 36.9 Å². The second kappa shape index (κ2) is 4.69. The summed E-state index contributed by atoms with van der Waals surface area (Å²) in [6, 6.07) is 4.44. The Morgan fingerprint density at radius 3 is 2.65 bits per heavy atom. The first-order valence-electron chi connectivity index (χ1n) is 4.99. The number of aromatic nitrogens is 2. The first-order chi connectivity index (χ1) is 8.16. The van der Waals surface area contributed by atoms with E-state index in [9.17, 15) is 9.18 Å². The molecule has 86 valence electrons. The highest BCUT2D eigenvalue weighted by Crippen LogP contribution is 2.12. The van der Waals surface area contributed by atoms with Gasteiger partial charge in [0.15, 0.2) is 0 Å². The fraction of sp³-hybridized carbons (Fsp3) is 0.0833. The Morgan fingerprint density at radius 1 is 1.29 bits per heavy atom. The van der Waals surface area contributed by atoms with E-state index in [4.69, 9.17) is 0 Å². The third-order valence-electron chi connectivity index (χ3n) is 2.19. The average molecular weight is 231 g/mol. The van der Waals surface area contributed by atoms with Crippen molar-refractivity contribution in [2.75, 3.05) is 5.32 Å². The molecule has 0 atom stereocenters. The zero-order valence-electron chi connectivity index (χ0n) is 9.14. The number of carbonyl (C=O) groups excluding carboxylic acids is 1. The van der Waals surface area contributed by atoms with Gasteiger partial charge in [-0.1, -0.05) is 6.07 Å². The first-order valence-corrected chi connectivity index (χ1v) is 4.99. The Hall–Kier alpha value is -2.30. The van der Waals surface area contributed by atoms with Crippen LogP contribution in [0.3, 0.4) is 0 Å². The fourth-order valence-corrected chi connectivity index (χ4v) is 1.37. The van der Waals surface area contributed by atoms with Crippen molar-refractivity contribution < 1.29 is 9.18 Å². The van der Waals surface area contributed by atoms with Gasteiger partial charge in [0.1, 0.15) is 12.1 Å². The van der Waals surface area contributed by atoms with E-state index in [1.807, 2.05) is 0 Å². The monoisotopic (exact) mass is 231 g/mol. The molecule has 0 aliphatic heterocycles. The van der Waals surface area contributed by atoms with Crippen molar-refractivity contribution in [1.29, 1.82) is 0 Å². The van der Waals surface area contributed by atoms with Gasteiger partial charge in [-0.3, -0.25) is 4.79 Å². The highest BCUT2D eigenvalue weighted by atomic mass is 19.1. The summed E-state index contributed by atoms with van der Waals surface area (Å²) in [6.07, 6.45) is 4.23. The molecule has 17 heavy (non-hydrogen) atoms. The predicted molar refractivity (Wildman–Crippen MR) is 61.1 cm³/mol. The fourth-order valence-electron chi connectivity index (χ4n) is 1.37. The van der Waals surface area contributed by atoms with Gasteiger partial charge in [0.05, 0.1) is 23.6 Å². The van der Waals surface area contributed by atoms with Gasteiger partial charge in [0.25, 0.3) is 5.91 Å². The number of hydrogen-bond acceptors (Lipinski definition) is 3. The van der Waals surface area contributed by atoms with Gasteiger partial charge >= 0.3 is 0 Å². The molecule has 1 heterocycles. The number of rotatable bonds is 2. The summed E-state index contributed by atoms with van der Waals surface area (Å²) >= 11 is 0. The second-order valence-electron chi connectivity index (χ2n) is 3.56. The molecule has 0 spiro atoms. The van der Waals surface area contributed by atoms with Crippen LogP contribution in [-0.2, 0) is 0 Å². The number of nitrogens with zero attached hydrogens (tertiary/aromatic N) is 2. The molecule has 1 amide bonds. The second-order valence-corrected chi connectivity index (χ2v) is 3.56. The van der Waals surface area contributed by atoms with Gasteiger partial charge in [-0.25, -0.2) is 14.4 Å². The summed E-state index contributed by atoms with van der Waals surface area (Å²) in [5.41, 5.74) is 1.19. The van der Waals surface area contributed by atoms with Crippen LogP contribution in [-0.4, -0.2) is 15.9 Å². The number of anilines is 1. The van der Waals surface area contributed by atoms with Gasteiger partial charge in [0, 0.05) is 0 Å². The van der Waals surface area contributed by atoms with Crippen LogP contribution in [0.4, 0.5) is 10.1 Å². The Labute approximate surface area is 97.5 Å². The maximum atomic E-state index is 13.5. The Balaban J connectivity index is 2.21. The van der Waals surface area contributed by atoms with Crippen molar-refractivity contribution in [2.45, 2.75) is 6.92 Å². The van der Waals surface area contributed by atoms with Gasteiger partial charge < -0.3 is 5.32 Å². The summed E-state index contributed by atoms with van der Waals surface area (Å²) in [6.45, 7) is 1.76. The topological polar surface area (TPSA) is 54.9 Å². The summed E-state index contributed by atoms with van der Waals surface area (Å²) in [4.78, 5) is 19.2. The standard InChI is InChI=1S/C12H10FN3O/c1-8-2-3-10(11(13)4-8)12(17)16-9-5-14-7-15-6-9/h2-7H,1H3,(H,16,17). The van der Waals surface area contributed by atoms with E-state index < -0.39 is 11.7 Å². The Bertz CT molecular complexity index is 543. The van der Waals surface area contributed by atoms with Crippen LogP contribution in [0.5, 0.6) is 0 Å². The predicted octanol–water partition coefficient (Wildman–Crippen LogP) is 2.18. The average Bonchev–Trinajstić information content (AvgIpc) is 2.30. The number of aryl methyl sites for hydroxylation is 1. The largest absolute Gasteiger partial charge is 0.319 e. The molecule has 1 N–H and O–H groups in total. The van der Waals surface area contributed by atoms with Crippen molar-refractivity contribution >= 4 is 11.6 Å². The highest BCUT2D eigenvalue weighted by Gasteiger charge is 2.11. The maximum absolute atomic E-state index is 13.5. The highest BCUT2D eigenvalue weighted by molar-refractivity contribution is 6.04. The number of halogens is 1. The maximum Gasteiger partial charge on any atom is 0.258 e. The van der Waals surface area contributed by atoms with Crippen molar-refractivity contribution in [1.82, 2.24) is 9.97 Å². The summed E-state index contributed by atoms with van der Waals surface area (Å²) in [7, 11) is 0. The lowest BCUT2D eigenvalue weighted by molar-refractivity contribution is 0.102. The van der Waals surface area contributed by atoms with Crippen LogP contribution in [0.25, 0.3) is 0 Å². The molecule has 0 unspecified atom stereocenters. The van der Waals surface area contributed by atoms with Crippen molar-refractivity contribution in [3.8, 4) is 0 Å². The van der Waals surface area contributed by atoms with Gasteiger partial charge in [-0.05, 0) is 24.6 Å². The molecule has 1 aromatic heterocycles. The van der Waals surface area contributed by atoms with Crippen molar-refractivity contribution in [3.63, 3.8) is 0 Å². The molecule has 0 saturated carbocycles. The molecule has 0 saturated heterocycles. The van der Waals surface area contributed by atoms with E-state index in [0.29, 0.717) is 5.69 Å². The summed E-state index contributed by atoms with van der Waals surface area (Å²) in [5.74, 6) is -1.06. The Morgan fingerprint density at radius 2 is 2.00 bits per heavy atom. The van der Waals surface area contributed by atoms with Crippen LogP contribution in [0.2, 0.25) is 0 Å². The van der Waals surface area contributed by atoms with E-state index in [0.717, 1.165) is 5.56 Å². The minimum absolute atomic E-state index is 0.000506. The molecule has 0 radical (unpaired) electrons. The molecule has 0 aliphatic rings. The van der Waals surface area contributed by atoms with E-state index in [1.165, 1.54) is 30.9 Å². The lowest BCUT2D eigenvalue weighted by atomic mass is 10.1. The minimum atomic E-state index is -0.542. The number of hydrogen-bond donors (Lipinski definition) is 1. The van der Waals surface area contributed by atoms with Crippen LogP contribution in [0.1, 0.15) is 15.9 Å². The lowest BCUT2D eigenvalue weighted by Crippen LogP contribution is -2.14. The van der Waals surface area contributed by atoms with Crippen LogP contribution < -0.4 is 5.32 Å². The van der Waals surface area contributed by atoms with Crippen molar-refractivity contribution in [3.05, 3.63) is 53.9 Å². The zero-order chi connectivity index (χ0) is 12.3. The molecule has 2 aromatic rings. The quantitative estimate of drug-likeness (QED) is 0.861. The zero-order valence-corrected chi connectivity index (χ0v) is 9.14. The van der Waals surface area contributed by atoms with E-state index >= 15 is 0 Å². The molecule has 0 fully saturated rings. The van der Waals surface area contributed by atoms with E-state index in [1.54, 1.807) is 13.0 Å². The van der Waals surface area contributed by atoms with Crippen LogP contribution in [0, 0.1) is 12.7 Å². The molecule has 1 aromatic carbocycles. The van der Waals surface area contributed by atoms with Gasteiger partial charge in [0.2, 0.25) is 0 Å². The third kappa shape index (κ3) is 2.63. The third-order valence-corrected chi connectivity index (χ3v) is 2.19. The molecular formula is C12H10FN3O. The summed E-state index contributed by atoms with van der Waals surface area (Å²) < 4.78 is 13.5. The summed E-state index contributed by atoms with van der Waals surface area (Å²) in [5, 5.41) is 2.51. The molecule has 2 rings (SSSR count). The number of nitrogens with one attached hydrogen (secondary N) is 1. The number of benzene rings is 1. The smallest absolute Gasteiger partial charge is 0.258 e. The molecule has 0 aliphatic carbocycles. The Kier molecular flexibility index (Phi) is 3.09. The molecule has 4 nitrogen and oxygen atoms in total. The number of carbonyl (C=O) groups is 1. The SMILES string of the molecule is Cc1ccc(C(=O)Nc2cncnc2)c(F)c1. The molecule has 5 heteroatoms. The lowest BCUT2D eigenvalue weighted by Gasteiger charge is -2.05. The van der Waals surface area contributed by atoms with Crippen LogP contribution >= 0.6 is 0 Å². The van der Waals surface area contributed by atoms with Gasteiger partial charge in [-0.2, -0.15) is 0 Å². The molecule has 0 bridgehead atoms. The number of amides is 1. The molecular weight excluding hydrogens is 221 g/mol. The van der Waals surface area contributed by atoms with Gasteiger partial charge in [-0.15, -0.1) is 0 Å².